The van der Waals surface area contributed by atoms with Crippen molar-refractivity contribution in [3.05, 3.63) is 12.2 Å². The normalized spacial score (nSPS) is 19.0. The maximum atomic E-state index is 4.21. The highest BCUT2D eigenvalue weighted by Crippen LogP contribution is 2.17. The number of nitrogens with zero attached hydrogens (tertiary/aromatic N) is 3. The fraction of sp³-hybridized carbons (Fsp3) is 0.818. The highest BCUT2D eigenvalue weighted by atomic mass is 15.3. The van der Waals surface area contributed by atoms with Crippen molar-refractivity contribution in [1.29, 1.82) is 0 Å². The Bertz CT molecular complexity index is 287. The van der Waals surface area contributed by atoms with Crippen molar-refractivity contribution in [3.63, 3.8) is 0 Å². The first-order valence-corrected chi connectivity index (χ1v) is 5.92. The molecule has 1 aromatic heterocycles. The van der Waals surface area contributed by atoms with Gasteiger partial charge < -0.3 is 5.32 Å². The van der Waals surface area contributed by atoms with E-state index in [1.54, 1.807) is 6.33 Å². The van der Waals surface area contributed by atoms with Crippen LogP contribution in [-0.4, -0.2) is 20.8 Å². The Morgan fingerprint density at radius 2 is 2.07 bits per heavy atom. The van der Waals surface area contributed by atoms with Crippen LogP contribution in [0.2, 0.25) is 0 Å². The first-order chi connectivity index (χ1) is 7.36. The molecule has 0 aromatic carbocycles. The first kappa shape index (κ1) is 10.6. The second kappa shape index (κ2) is 5.26. The Morgan fingerprint density at radius 1 is 1.33 bits per heavy atom. The lowest BCUT2D eigenvalue weighted by Gasteiger charge is -2.15. The van der Waals surface area contributed by atoms with Crippen molar-refractivity contribution in [3.8, 4) is 0 Å². The van der Waals surface area contributed by atoms with Crippen molar-refractivity contribution in [2.45, 2.75) is 51.1 Å². The van der Waals surface area contributed by atoms with Gasteiger partial charge in [-0.15, -0.1) is 0 Å². The Labute approximate surface area is 91.1 Å². The molecular weight excluding hydrogens is 188 g/mol. The molecule has 1 N–H and O–H groups in total. The molecule has 1 heterocycles. The summed E-state index contributed by atoms with van der Waals surface area (Å²) in [6.07, 6.45) is 9.80. The van der Waals surface area contributed by atoms with E-state index in [0.29, 0.717) is 6.04 Å². The minimum atomic E-state index is 0.684. The van der Waals surface area contributed by atoms with Crippen molar-refractivity contribution in [2.24, 2.45) is 7.05 Å². The molecular formula is C11H20N4. The van der Waals surface area contributed by atoms with Gasteiger partial charge in [0, 0.05) is 13.1 Å². The van der Waals surface area contributed by atoms with Crippen LogP contribution in [0.15, 0.2) is 6.33 Å². The predicted octanol–water partition coefficient (Wildman–Crippen LogP) is 1.63. The second-order valence-electron chi connectivity index (χ2n) is 4.37. The minimum Gasteiger partial charge on any atom is -0.307 e. The number of rotatable bonds is 3. The van der Waals surface area contributed by atoms with Gasteiger partial charge in [0.25, 0.3) is 0 Å². The average molecular weight is 208 g/mol. The molecule has 84 valence electrons. The molecule has 0 amide bonds. The molecule has 1 aliphatic carbocycles. The maximum absolute atomic E-state index is 4.21. The fourth-order valence-corrected chi connectivity index (χ4v) is 2.20. The van der Waals surface area contributed by atoms with Crippen molar-refractivity contribution in [2.75, 3.05) is 0 Å². The van der Waals surface area contributed by atoms with Gasteiger partial charge >= 0.3 is 0 Å². The number of aromatic nitrogens is 3. The highest BCUT2D eigenvalue weighted by molar-refractivity contribution is 4.84. The van der Waals surface area contributed by atoms with E-state index in [1.807, 2.05) is 11.7 Å². The summed E-state index contributed by atoms with van der Waals surface area (Å²) in [5, 5.41) is 7.65. The maximum Gasteiger partial charge on any atom is 0.140 e. The molecule has 0 saturated heterocycles. The third kappa shape index (κ3) is 3.02. The van der Waals surface area contributed by atoms with E-state index in [2.05, 4.69) is 15.4 Å². The summed E-state index contributed by atoms with van der Waals surface area (Å²) in [4.78, 5) is 4.21. The van der Waals surface area contributed by atoms with Crippen LogP contribution in [0.5, 0.6) is 0 Å². The van der Waals surface area contributed by atoms with Gasteiger partial charge in [-0.05, 0) is 12.8 Å². The molecule has 0 bridgehead atoms. The van der Waals surface area contributed by atoms with Gasteiger partial charge in [0.1, 0.15) is 12.2 Å². The molecule has 0 radical (unpaired) electrons. The van der Waals surface area contributed by atoms with Gasteiger partial charge in [-0.2, -0.15) is 5.10 Å². The molecule has 0 spiro atoms. The quantitative estimate of drug-likeness (QED) is 0.768. The van der Waals surface area contributed by atoms with E-state index in [-0.39, 0.29) is 0 Å². The van der Waals surface area contributed by atoms with E-state index in [1.165, 1.54) is 38.5 Å². The highest BCUT2D eigenvalue weighted by Gasteiger charge is 2.12. The number of aryl methyl sites for hydroxylation is 1. The van der Waals surface area contributed by atoms with Crippen LogP contribution in [0.3, 0.4) is 0 Å². The third-order valence-corrected chi connectivity index (χ3v) is 3.21. The van der Waals surface area contributed by atoms with Crippen LogP contribution in [0.1, 0.15) is 44.3 Å². The summed E-state index contributed by atoms with van der Waals surface area (Å²) in [5.74, 6) is 1.03. The molecule has 1 aromatic rings. The van der Waals surface area contributed by atoms with Crippen molar-refractivity contribution in [1.82, 2.24) is 20.1 Å². The Balaban J connectivity index is 1.79. The first-order valence-electron chi connectivity index (χ1n) is 5.92. The van der Waals surface area contributed by atoms with Gasteiger partial charge in [0.2, 0.25) is 0 Å². The van der Waals surface area contributed by atoms with Crippen LogP contribution in [0.25, 0.3) is 0 Å². The lowest BCUT2D eigenvalue weighted by molar-refractivity contribution is 0.446. The fourth-order valence-electron chi connectivity index (χ4n) is 2.20. The molecule has 0 unspecified atom stereocenters. The van der Waals surface area contributed by atoms with E-state index >= 15 is 0 Å². The van der Waals surface area contributed by atoms with E-state index in [4.69, 9.17) is 0 Å². The second-order valence-corrected chi connectivity index (χ2v) is 4.37. The summed E-state index contributed by atoms with van der Waals surface area (Å²) in [6, 6.07) is 0.684. The largest absolute Gasteiger partial charge is 0.307 e. The van der Waals surface area contributed by atoms with Crippen LogP contribution in [-0.2, 0) is 13.6 Å². The molecule has 4 nitrogen and oxygen atoms in total. The smallest absolute Gasteiger partial charge is 0.140 e. The van der Waals surface area contributed by atoms with Gasteiger partial charge in [0.15, 0.2) is 0 Å². The lowest BCUT2D eigenvalue weighted by atomic mass is 10.1. The molecule has 0 aliphatic heterocycles. The summed E-state index contributed by atoms with van der Waals surface area (Å²) < 4.78 is 1.84. The monoisotopic (exact) mass is 208 g/mol. The zero-order valence-corrected chi connectivity index (χ0v) is 9.45. The van der Waals surface area contributed by atoms with Gasteiger partial charge in [-0.1, -0.05) is 25.7 Å². The third-order valence-electron chi connectivity index (χ3n) is 3.21. The van der Waals surface area contributed by atoms with Crippen molar-refractivity contribution >= 4 is 0 Å². The molecule has 4 heteroatoms. The summed E-state index contributed by atoms with van der Waals surface area (Å²) >= 11 is 0. The zero-order chi connectivity index (χ0) is 10.5. The summed E-state index contributed by atoms with van der Waals surface area (Å²) in [5.41, 5.74) is 0. The lowest BCUT2D eigenvalue weighted by Crippen LogP contribution is -2.29. The number of nitrogens with one attached hydrogen (secondary N) is 1. The Morgan fingerprint density at radius 3 is 2.67 bits per heavy atom. The number of hydrogen-bond acceptors (Lipinski definition) is 3. The SMILES string of the molecule is Cn1ncnc1CNC1CCCCCC1. The minimum absolute atomic E-state index is 0.684. The topological polar surface area (TPSA) is 42.7 Å². The average Bonchev–Trinajstić information content (AvgIpc) is 2.53. The van der Waals surface area contributed by atoms with Crippen LogP contribution in [0.4, 0.5) is 0 Å². The molecule has 1 aliphatic rings. The Kier molecular flexibility index (Phi) is 3.72. The van der Waals surface area contributed by atoms with Crippen molar-refractivity contribution < 1.29 is 0 Å². The molecule has 2 rings (SSSR count). The number of hydrogen-bond donors (Lipinski definition) is 1. The van der Waals surface area contributed by atoms with E-state index in [9.17, 15) is 0 Å². The van der Waals surface area contributed by atoms with Crippen LogP contribution >= 0.6 is 0 Å². The zero-order valence-electron chi connectivity index (χ0n) is 9.45. The summed E-state index contributed by atoms with van der Waals surface area (Å²) in [7, 11) is 1.94. The van der Waals surface area contributed by atoms with Gasteiger partial charge in [0.05, 0.1) is 6.54 Å². The molecule has 1 fully saturated rings. The summed E-state index contributed by atoms with van der Waals surface area (Å²) in [6.45, 7) is 0.848. The standard InChI is InChI=1S/C11H20N4/c1-15-11(13-9-14-15)8-12-10-6-4-2-3-5-7-10/h9-10,12H,2-8H2,1H3. The van der Waals surface area contributed by atoms with E-state index < -0.39 is 0 Å². The molecule has 15 heavy (non-hydrogen) atoms. The van der Waals surface area contributed by atoms with Crippen LogP contribution in [0, 0.1) is 0 Å². The Hall–Kier alpha value is -0.900. The van der Waals surface area contributed by atoms with Crippen LogP contribution < -0.4 is 5.32 Å². The predicted molar refractivity (Wildman–Crippen MR) is 59.3 cm³/mol. The van der Waals surface area contributed by atoms with Gasteiger partial charge in [-0.3, -0.25) is 4.68 Å². The van der Waals surface area contributed by atoms with E-state index in [0.717, 1.165) is 12.4 Å². The molecule has 1 saturated carbocycles. The molecule has 0 atom stereocenters. The van der Waals surface area contributed by atoms with Gasteiger partial charge in [-0.25, -0.2) is 4.98 Å².